The average molecular weight is 408 g/mol. The SMILES string of the molecule is COC1=CC=C(c2cc3c(SCC4=CC=CC5(OC)CC45)ncnc3[nH]2)CC=C1.[HH]. The van der Waals surface area contributed by atoms with Gasteiger partial charge >= 0.3 is 0 Å². The number of fused-ring (bicyclic) bond motifs is 2. The summed E-state index contributed by atoms with van der Waals surface area (Å²) >= 11 is 1.77. The van der Waals surface area contributed by atoms with Gasteiger partial charge in [0.1, 0.15) is 22.8 Å². The molecule has 0 radical (unpaired) electrons. The third-order valence-electron chi connectivity index (χ3n) is 5.88. The topological polar surface area (TPSA) is 60.0 Å². The highest BCUT2D eigenvalue weighted by atomic mass is 32.2. The quantitative estimate of drug-likeness (QED) is 0.535. The summed E-state index contributed by atoms with van der Waals surface area (Å²) in [6.07, 6.45) is 18.3. The van der Waals surface area contributed by atoms with Gasteiger partial charge in [-0.2, -0.15) is 0 Å². The van der Waals surface area contributed by atoms with Gasteiger partial charge in [-0.05, 0) is 36.6 Å². The second-order valence-corrected chi connectivity index (χ2v) is 8.46. The third-order valence-corrected chi connectivity index (χ3v) is 6.96. The summed E-state index contributed by atoms with van der Waals surface area (Å²) in [5.41, 5.74) is 4.51. The zero-order valence-electron chi connectivity index (χ0n) is 16.5. The van der Waals surface area contributed by atoms with Crippen LogP contribution in [0, 0.1) is 5.92 Å². The molecule has 29 heavy (non-hydrogen) atoms. The van der Waals surface area contributed by atoms with Crippen LogP contribution >= 0.6 is 11.8 Å². The van der Waals surface area contributed by atoms with E-state index in [1.54, 1.807) is 32.3 Å². The molecule has 2 aromatic rings. The smallest absolute Gasteiger partial charge is 0.142 e. The molecule has 1 fully saturated rings. The molecule has 150 valence electrons. The van der Waals surface area contributed by atoms with Gasteiger partial charge in [-0.3, -0.25) is 0 Å². The highest BCUT2D eigenvalue weighted by molar-refractivity contribution is 7.99. The fourth-order valence-electron chi connectivity index (χ4n) is 4.08. The van der Waals surface area contributed by atoms with Crippen molar-refractivity contribution in [2.24, 2.45) is 5.92 Å². The van der Waals surface area contributed by atoms with E-state index < -0.39 is 0 Å². The molecule has 0 bridgehead atoms. The number of hydrogen-bond acceptors (Lipinski definition) is 5. The van der Waals surface area contributed by atoms with Gasteiger partial charge < -0.3 is 14.5 Å². The first kappa shape index (κ1) is 18.5. The lowest BCUT2D eigenvalue weighted by Crippen LogP contribution is -2.15. The first-order chi connectivity index (χ1) is 14.2. The van der Waals surface area contributed by atoms with Crippen LogP contribution < -0.4 is 0 Å². The second-order valence-electron chi connectivity index (χ2n) is 7.50. The maximum Gasteiger partial charge on any atom is 0.142 e. The number of aromatic nitrogens is 3. The minimum atomic E-state index is -0.0546. The molecule has 0 aromatic carbocycles. The maximum atomic E-state index is 5.71. The minimum Gasteiger partial charge on any atom is -0.497 e. The van der Waals surface area contributed by atoms with E-state index in [1.807, 2.05) is 12.2 Å². The molecule has 2 heterocycles. The van der Waals surface area contributed by atoms with Crippen molar-refractivity contribution in [3.8, 4) is 0 Å². The molecule has 2 atom stereocenters. The standard InChI is InChI=1S/C23H23N3O2S.H2/c1-27-17-7-3-5-15(8-9-17)20-11-18-21(26-20)24-14-25-22(18)29-13-16-6-4-10-23(28-2)12-19(16)23;/h3-4,6-11,14,19H,5,12-13H2,1-2H3,(H,24,25,26);1H. The zero-order valence-corrected chi connectivity index (χ0v) is 17.3. The fourth-order valence-corrected chi connectivity index (χ4v) is 5.12. The van der Waals surface area contributed by atoms with Crippen molar-refractivity contribution >= 4 is 28.4 Å². The number of aromatic amines is 1. The van der Waals surface area contributed by atoms with Crippen LogP contribution in [-0.2, 0) is 9.47 Å². The van der Waals surface area contributed by atoms with Crippen molar-refractivity contribution in [3.05, 3.63) is 72.0 Å². The summed E-state index contributed by atoms with van der Waals surface area (Å²) in [6.45, 7) is 0. The average Bonchev–Trinajstić information content (AvgIpc) is 3.42. The molecule has 2 aromatic heterocycles. The summed E-state index contributed by atoms with van der Waals surface area (Å²) in [7, 11) is 3.49. The van der Waals surface area contributed by atoms with Crippen LogP contribution in [0.3, 0.4) is 0 Å². The van der Waals surface area contributed by atoms with Gasteiger partial charge in [0.15, 0.2) is 0 Å². The van der Waals surface area contributed by atoms with E-state index in [2.05, 4.69) is 51.4 Å². The molecule has 0 spiro atoms. The third kappa shape index (κ3) is 3.36. The van der Waals surface area contributed by atoms with Crippen molar-refractivity contribution in [1.29, 1.82) is 0 Å². The highest BCUT2D eigenvalue weighted by Gasteiger charge is 2.55. The van der Waals surface area contributed by atoms with Gasteiger partial charge in [0, 0.05) is 25.9 Å². The molecule has 2 unspecified atom stereocenters. The summed E-state index contributed by atoms with van der Waals surface area (Å²) in [5.74, 6) is 2.28. The lowest BCUT2D eigenvalue weighted by molar-refractivity contribution is 0.110. The molecule has 6 heteroatoms. The number of H-pyrrole nitrogens is 1. The van der Waals surface area contributed by atoms with Gasteiger partial charge in [-0.15, -0.1) is 11.8 Å². The summed E-state index contributed by atoms with van der Waals surface area (Å²) in [5, 5.41) is 2.08. The molecule has 0 amide bonds. The molecule has 5 nitrogen and oxygen atoms in total. The van der Waals surface area contributed by atoms with Crippen LogP contribution in [0.25, 0.3) is 16.6 Å². The molecular formula is C23H25N3O2S. The van der Waals surface area contributed by atoms with Crippen molar-refractivity contribution in [3.63, 3.8) is 0 Å². The Morgan fingerprint density at radius 2 is 2.21 bits per heavy atom. The molecule has 1 saturated carbocycles. The Morgan fingerprint density at radius 1 is 1.28 bits per heavy atom. The van der Waals surface area contributed by atoms with Gasteiger partial charge in [-0.1, -0.05) is 36.0 Å². The molecule has 1 N–H and O–H groups in total. The van der Waals surface area contributed by atoms with Crippen molar-refractivity contribution in [1.82, 2.24) is 15.0 Å². The van der Waals surface area contributed by atoms with Crippen molar-refractivity contribution < 1.29 is 10.9 Å². The molecule has 3 aliphatic carbocycles. The Hall–Kier alpha value is -2.57. The van der Waals surface area contributed by atoms with Crippen LogP contribution in [0.4, 0.5) is 0 Å². The number of hydrogen-bond donors (Lipinski definition) is 1. The van der Waals surface area contributed by atoms with E-state index in [0.29, 0.717) is 5.92 Å². The Balaban J connectivity index is 0.00000218. The van der Waals surface area contributed by atoms with Gasteiger partial charge in [0.2, 0.25) is 0 Å². The second kappa shape index (κ2) is 7.35. The monoisotopic (exact) mass is 407 g/mol. The number of ether oxygens (including phenoxy) is 2. The fraction of sp³-hybridized carbons (Fsp3) is 0.304. The largest absolute Gasteiger partial charge is 0.497 e. The summed E-state index contributed by atoms with van der Waals surface area (Å²) in [4.78, 5) is 12.5. The Bertz CT molecular complexity index is 1110. The van der Waals surface area contributed by atoms with Crippen LogP contribution in [0.15, 0.2) is 71.3 Å². The molecule has 5 rings (SSSR count). The number of thioether (sulfide) groups is 1. The lowest BCUT2D eigenvalue weighted by atomic mass is 10.0. The van der Waals surface area contributed by atoms with E-state index in [4.69, 9.17) is 9.47 Å². The van der Waals surface area contributed by atoms with E-state index in [-0.39, 0.29) is 7.03 Å². The Morgan fingerprint density at radius 3 is 3.07 bits per heavy atom. The highest BCUT2D eigenvalue weighted by Crippen LogP contribution is 2.54. The number of rotatable bonds is 6. The minimum absolute atomic E-state index is 0. The van der Waals surface area contributed by atoms with E-state index in [1.165, 1.54) is 11.1 Å². The molecular weight excluding hydrogens is 382 g/mol. The number of allylic oxidation sites excluding steroid dienone is 7. The van der Waals surface area contributed by atoms with E-state index in [0.717, 1.165) is 46.1 Å². The van der Waals surface area contributed by atoms with Crippen molar-refractivity contribution in [2.45, 2.75) is 23.5 Å². The molecule has 3 aliphatic rings. The number of nitrogens with zero attached hydrogens (tertiary/aromatic N) is 2. The van der Waals surface area contributed by atoms with Gasteiger partial charge in [0.05, 0.1) is 18.1 Å². The number of nitrogens with one attached hydrogen (secondary N) is 1. The number of methoxy groups -OCH3 is 2. The van der Waals surface area contributed by atoms with E-state index >= 15 is 0 Å². The van der Waals surface area contributed by atoms with E-state index in [9.17, 15) is 0 Å². The maximum absolute atomic E-state index is 5.71. The summed E-state index contributed by atoms with van der Waals surface area (Å²) < 4.78 is 11.0. The first-order valence-corrected chi connectivity index (χ1v) is 10.7. The van der Waals surface area contributed by atoms with Gasteiger partial charge in [0.25, 0.3) is 0 Å². The van der Waals surface area contributed by atoms with Crippen LogP contribution in [-0.4, -0.2) is 40.5 Å². The predicted molar refractivity (Wildman–Crippen MR) is 119 cm³/mol. The Kier molecular flexibility index (Phi) is 4.68. The zero-order chi connectivity index (χ0) is 19.8. The lowest BCUT2D eigenvalue weighted by Gasteiger charge is -2.16. The summed E-state index contributed by atoms with van der Waals surface area (Å²) in [6, 6.07) is 2.16. The molecule has 0 saturated heterocycles. The molecule has 0 aliphatic heterocycles. The Labute approximate surface area is 175 Å². The van der Waals surface area contributed by atoms with Gasteiger partial charge in [-0.25, -0.2) is 9.97 Å². The predicted octanol–water partition coefficient (Wildman–Crippen LogP) is 5.07. The van der Waals surface area contributed by atoms with Crippen LogP contribution in [0.2, 0.25) is 0 Å². The first-order valence-electron chi connectivity index (χ1n) is 9.74. The normalized spacial score (nSPS) is 25.2. The van der Waals surface area contributed by atoms with Crippen molar-refractivity contribution in [2.75, 3.05) is 20.0 Å². The van der Waals surface area contributed by atoms with Crippen LogP contribution in [0.1, 0.15) is 20.0 Å². The van der Waals surface area contributed by atoms with Crippen LogP contribution in [0.5, 0.6) is 0 Å².